The maximum Gasteiger partial charge on any atom is 0.323 e. The first-order valence-corrected chi connectivity index (χ1v) is 6.73. The number of nitrogens with one attached hydrogen (secondary N) is 1. The topological polar surface area (TPSA) is 76.8 Å². The van der Waals surface area contributed by atoms with Crippen LogP contribution in [0.5, 0.6) is 0 Å². The smallest absolute Gasteiger partial charge is 0.323 e. The summed E-state index contributed by atoms with van der Waals surface area (Å²) in [6.45, 7) is 6.06. The van der Waals surface area contributed by atoms with E-state index in [0.29, 0.717) is 32.1 Å². The summed E-state index contributed by atoms with van der Waals surface area (Å²) in [5, 5.41) is 6.57. The van der Waals surface area contributed by atoms with Gasteiger partial charge in [0, 0.05) is 25.6 Å². The monoisotopic (exact) mass is 283 g/mol. The van der Waals surface area contributed by atoms with Crippen LogP contribution < -0.4 is 5.32 Å². The molecule has 0 spiro atoms. The molecule has 1 atom stereocenters. The SMILES string of the molecule is COCC1CN(C(=O)Nc2cc(C(C)C)on2)CCO1. The van der Waals surface area contributed by atoms with Crippen LogP contribution in [0.4, 0.5) is 10.6 Å². The second-order valence-corrected chi connectivity index (χ2v) is 5.09. The van der Waals surface area contributed by atoms with E-state index in [1.165, 1.54) is 0 Å². The molecule has 0 aliphatic carbocycles. The van der Waals surface area contributed by atoms with Gasteiger partial charge in [-0.25, -0.2) is 4.79 Å². The van der Waals surface area contributed by atoms with Gasteiger partial charge in [-0.1, -0.05) is 19.0 Å². The van der Waals surface area contributed by atoms with Crippen molar-refractivity contribution in [1.29, 1.82) is 0 Å². The summed E-state index contributed by atoms with van der Waals surface area (Å²) in [7, 11) is 1.62. The number of hydrogen-bond donors (Lipinski definition) is 1. The lowest BCUT2D eigenvalue weighted by atomic mass is 10.2. The van der Waals surface area contributed by atoms with E-state index in [9.17, 15) is 4.79 Å². The van der Waals surface area contributed by atoms with Gasteiger partial charge in [0.15, 0.2) is 5.82 Å². The number of hydrogen-bond acceptors (Lipinski definition) is 5. The molecule has 112 valence electrons. The first kappa shape index (κ1) is 14.8. The summed E-state index contributed by atoms with van der Waals surface area (Å²) in [4.78, 5) is 13.8. The first-order chi connectivity index (χ1) is 9.60. The average Bonchev–Trinajstić information content (AvgIpc) is 2.88. The molecule has 1 unspecified atom stereocenters. The highest BCUT2D eigenvalue weighted by Gasteiger charge is 2.24. The van der Waals surface area contributed by atoms with Gasteiger partial charge in [0.2, 0.25) is 0 Å². The van der Waals surface area contributed by atoms with E-state index in [1.54, 1.807) is 18.1 Å². The van der Waals surface area contributed by atoms with E-state index < -0.39 is 0 Å². The van der Waals surface area contributed by atoms with Crippen molar-refractivity contribution in [3.05, 3.63) is 11.8 Å². The molecule has 0 aromatic carbocycles. The Morgan fingerprint density at radius 1 is 1.65 bits per heavy atom. The minimum absolute atomic E-state index is 0.0805. The van der Waals surface area contributed by atoms with Gasteiger partial charge < -0.3 is 18.9 Å². The molecule has 1 N–H and O–H groups in total. The summed E-state index contributed by atoms with van der Waals surface area (Å²) < 4.78 is 15.7. The fourth-order valence-corrected chi connectivity index (χ4v) is 2.00. The number of urea groups is 1. The summed E-state index contributed by atoms with van der Waals surface area (Å²) in [5.41, 5.74) is 0. The minimum Gasteiger partial charge on any atom is -0.382 e. The van der Waals surface area contributed by atoms with Gasteiger partial charge in [0.05, 0.1) is 25.9 Å². The standard InChI is InChI=1S/C13H21N3O4/c1-9(2)11-6-12(15-20-11)14-13(17)16-4-5-19-10(7-16)8-18-3/h6,9-10H,4-5,7-8H2,1-3H3,(H,14,15,17). The van der Waals surface area contributed by atoms with Crippen LogP contribution in [0.3, 0.4) is 0 Å². The fraction of sp³-hybridized carbons (Fsp3) is 0.692. The zero-order valence-electron chi connectivity index (χ0n) is 12.1. The third-order valence-corrected chi connectivity index (χ3v) is 3.11. The van der Waals surface area contributed by atoms with E-state index in [-0.39, 0.29) is 18.1 Å². The van der Waals surface area contributed by atoms with Gasteiger partial charge in [0.1, 0.15) is 5.76 Å². The van der Waals surface area contributed by atoms with Crippen molar-refractivity contribution in [3.63, 3.8) is 0 Å². The molecule has 0 radical (unpaired) electrons. The Kier molecular flexibility index (Phi) is 4.97. The summed E-state index contributed by atoms with van der Waals surface area (Å²) in [6.07, 6.45) is -0.0805. The number of carbonyl (C=O) groups is 1. The quantitative estimate of drug-likeness (QED) is 0.909. The van der Waals surface area contributed by atoms with Crippen molar-refractivity contribution in [2.24, 2.45) is 0 Å². The molecular weight excluding hydrogens is 262 g/mol. The van der Waals surface area contributed by atoms with Crippen LogP contribution in [0.2, 0.25) is 0 Å². The number of rotatable bonds is 4. The molecule has 2 rings (SSSR count). The Balaban J connectivity index is 1.90. The fourth-order valence-electron chi connectivity index (χ4n) is 2.00. The van der Waals surface area contributed by atoms with Gasteiger partial charge in [-0.15, -0.1) is 0 Å². The van der Waals surface area contributed by atoms with E-state index in [4.69, 9.17) is 14.0 Å². The largest absolute Gasteiger partial charge is 0.382 e. The Labute approximate surface area is 118 Å². The van der Waals surface area contributed by atoms with Crippen molar-refractivity contribution >= 4 is 11.8 Å². The van der Waals surface area contributed by atoms with Gasteiger partial charge in [-0.3, -0.25) is 5.32 Å². The maximum atomic E-state index is 12.1. The lowest BCUT2D eigenvalue weighted by Gasteiger charge is -2.32. The summed E-state index contributed by atoms with van der Waals surface area (Å²) in [5.74, 6) is 1.43. The molecule has 0 bridgehead atoms. The lowest BCUT2D eigenvalue weighted by Crippen LogP contribution is -2.48. The molecule has 1 aromatic heterocycles. The van der Waals surface area contributed by atoms with Crippen LogP contribution in [-0.4, -0.2) is 55.6 Å². The van der Waals surface area contributed by atoms with E-state index in [1.807, 2.05) is 13.8 Å². The molecular formula is C13H21N3O4. The highest BCUT2D eigenvalue weighted by Crippen LogP contribution is 2.18. The van der Waals surface area contributed by atoms with Gasteiger partial charge in [0.25, 0.3) is 0 Å². The number of carbonyl (C=O) groups excluding carboxylic acids is 1. The first-order valence-electron chi connectivity index (χ1n) is 6.73. The third-order valence-electron chi connectivity index (χ3n) is 3.11. The number of amides is 2. The number of aromatic nitrogens is 1. The van der Waals surface area contributed by atoms with Crippen molar-refractivity contribution in [1.82, 2.24) is 10.1 Å². The molecule has 1 aliphatic heterocycles. The number of anilines is 1. The second-order valence-electron chi connectivity index (χ2n) is 5.09. The number of methoxy groups -OCH3 is 1. The summed E-state index contributed by atoms with van der Waals surface area (Å²) >= 11 is 0. The Morgan fingerprint density at radius 3 is 3.10 bits per heavy atom. The Morgan fingerprint density at radius 2 is 2.45 bits per heavy atom. The Bertz CT molecular complexity index is 445. The highest BCUT2D eigenvalue weighted by atomic mass is 16.5. The minimum atomic E-state index is -0.196. The number of ether oxygens (including phenoxy) is 2. The molecule has 1 aromatic rings. The molecule has 1 fully saturated rings. The predicted octanol–water partition coefficient (Wildman–Crippen LogP) is 1.68. The van der Waals surface area contributed by atoms with Gasteiger partial charge in [-0.05, 0) is 0 Å². The molecule has 7 nitrogen and oxygen atoms in total. The molecule has 1 saturated heterocycles. The number of morpholine rings is 1. The number of nitrogens with zero attached hydrogens (tertiary/aromatic N) is 2. The normalized spacial score (nSPS) is 19.4. The van der Waals surface area contributed by atoms with Crippen LogP contribution in [0, 0.1) is 0 Å². The molecule has 2 amide bonds. The zero-order valence-corrected chi connectivity index (χ0v) is 12.1. The highest BCUT2D eigenvalue weighted by molar-refractivity contribution is 5.88. The van der Waals surface area contributed by atoms with Crippen LogP contribution in [-0.2, 0) is 9.47 Å². The molecule has 0 saturated carbocycles. The van der Waals surface area contributed by atoms with E-state index in [2.05, 4.69) is 10.5 Å². The lowest BCUT2D eigenvalue weighted by molar-refractivity contribution is -0.0481. The molecule has 1 aliphatic rings. The summed E-state index contributed by atoms with van der Waals surface area (Å²) in [6, 6.07) is 1.55. The molecule has 7 heteroatoms. The van der Waals surface area contributed by atoms with Crippen molar-refractivity contribution in [2.45, 2.75) is 25.9 Å². The van der Waals surface area contributed by atoms with E-state index in [0.717, 1.165) is 5.76 Å². The van der Waals surface area contributed by atoms with Gasteiger partial charge >= 0.3 is 6.03 Å². The van der Waals surface area contributed by atoms with Gasteiger partial charge in [-0.2, -0.15) is 0 Å². The van der Waals surface area contributed by atoms with E-state index >= 15 is 0 Å². The van der Waals surface area contributed by atoms with Crippen LogP contribution >= 0.6 is 0 Å². The third kappa shape index (κ3) is 3.71. The molecule has 20 heavy (non-hydrogen) atoms. The second kappa shape index (κ2) is 6.71. The van der Waals surface area contributed by atoms with Crippen LogP contribution in [0.15, 0.2) is 10.6 Å². The van der Waals surface area contributed by atoms with Crippen molar-refractivity contribution in [3.8, 4) is 0 Å². The average molecular weight is 283 g/mol. The predicted molar refractivity (Wildman–Crippen MR) is 72.8 cm³/mol. The maximum absolute atomic E-state index is 12.1. The van der Waals surface area contributed by atoms with Crippen molar-refractivity contribution in [2.75, 3.05) is 38.7 Å². The van der Waals surface area contributed by atoms with Crippen LogP contribution in [0.1, 0.15) is 25.5 Å². The van der Waals surface area contributed by atoms with Crippen molar-refractivity contribution < 1.29 is 18.8 Å². The van der Waals surface area contributed by atoms with Crippen LogP contribution in [0.25, 0.3) is 0 Å². The zero-order chi connectivity index (χ0) is 14.5. The molecule has 2 heterocycles. The Hall–Kier alpha value is -1.60.